The average Bonchev–Trinajstić information content (AvgIpc) is 3.10. The summed E-state index contributed by atoms with van der Waals surface area (Å²) in [6.07, 6.45) is 2.31. The maximum atomic E-state index is 12.3. The third kappa shape index (κ3) is 4.28. The van der Waals surface area contributed by atoms with E-state index in [1.807, 2.05) is 19.1 Å². The fourth-order valence-electron chi connectivity index (χ4n) is 2.54. The molecule has 0 bridgehead atoms. The van der Waals surface area contributed by atoms with Crippen molar-refractivity contribution in [3.63, 3.8) is 0 Å². The first-order valence-electron chi connectivity index (χ1n) is 8.04. The Morgan fingerprint density at radius 3 is 2.75 bits per heavy atom. The predicted molar refractivity (Wildman–Crippen MR) is 95.1 cm³/mol. The number of halogens is 1. The molecule has 0 aromatic heterocycles. The van der Waals surface area contributed by atoms with E-state index in [1.54, 1.807) is 30.3 Å². The largest absolute Gasteiger partial charge is 0.491 e. The number of ether oxygens (including phenoxy) is 2. The van der Waals surface area contributed by atoms with Crippen molar-refractivity contribution < 1.29 is 14.3 Å². The molecular formula is C19H20ClNO3. The molecule has 1 N–H and O–H groups in total. The predicted octanol–water partition coefficient (Wildman–Crippen LogP) is 4.46. The topological polar surface area (TPSA) is 47.6 Å². The lowest BCUT2D eigenvalue weighted by atomic mass is 10.2. The van der Waals surface area contributed by atoms with Gasteiger partial charge in [0.2, 0.25) is 0 Å². The Kier molecular flexibility index (Phi) is 5.38. The molecule has 0 aliphatic carbocycles. The summed E-state index contributed by atoms with van der Waals surface area (Å²) < 4.78 is 11.2. The van der Waals surface area contributed by atoms with Gasteiger partial charge >= 0.3 is 0 Å². The molecule has 2 aromatic rings. The molecule has 1 heterocycles. The number of anilines is 1. The molecule has 2 aromatic carbocycles. The molecule has 4 nitrogen and oxygen atoms in total. The van der Waals surface area contributed by atoms with E-state index >= 15 is 0 Å². The summed E-state index contributed by atoms with van der Waals surface area (Å²) in [5, 5.41) is 3.47. The minimum atomic E-state index is -0.180. The highest BCUT2D eigenvalue weighted by molar-refractivity contribution is 6.31. The number of aryl methyl sites for hydroxylation is 1. The number of hydrogen-bond acceptors (Lipinski definition) is 3. The molecule has 1 saturated heterocycles. The Labute approximate surface area is 146 Å². The highest BCUT2D eigenvalue weighted by atomic mass is 35.5. The fraction of sp³-hybridized carbons (Fsp3) is 0.316. The van der Waals surface area contributed by atoms with Crippen molar-refractivity contribution in [1.29, 1.82) is 0 Å². The van der Waals surface area contributed by atoms with Crippen molar-refractivity contribution in [2.75, 3.05) is 18.5 Å². The van der Waals surface area contributed by atoms with Crippen molar-refractivity contribution in [3.05, 3.63) is 58.6 Å². The van der Waals surface area contributed by atoms with Gasteiger partial charge in [-0.2, -0.15) is 0 Å². The number of carbonyl (C=O) groups excluding carboxylic acids is 1. The summed E-state index contributed by atoms with van der Waals surface area (Å²) in [6.45, 7) is 3.28. The molecule has 1 aliphatic heterocycles. The second kappa shape index (κ2) is 7.69. The van der Waals surface area contributed by atoms with Crippen LogP contribution in [0.25, 0.3) is 0 Å². The monoisotopic (exact) mass is 345 g/mol. The first-order chi connectivity index (χ1) is 11.6. The number of amides is 1. The Hall–Kier alpha value is -2.04. The number of carbonyl (C=O) groups is 1. The Morgan fingerprint density at radius 1 is 1.29 bits per heavy atom. The van der Waals surface area contributed by atoms with Crippen LogP contribution in [0.3, 0.4) is 0 Å². The van der Waals surface area contributed by atoms with Gasteiger partial charge in [-0.05, 0) is 61.7 Å². The smallest absolute Gasteiger partial charge is 0.255 e. The van der Waals surface area contributed by atoms with Gasteiger partial charge in [-0.15, -0.1) is 0 Å². The molecule has 1 atom stereocenters. The second-order valence-corrected chi connectivity index (χ2v) is 6.30. The van der Waals surface area contributed by atoms with Crippen LogP contribution in [0.5, 0.6) is 5.75 Å². The van der Waals surface area contributed by atoms with E-state index in [9.17, 15) is 4.79 Å². The van der Waals surface area contributed by atoms with E-state index in [0.29, 0.717) is 22.9 Å². The van der Waals surface area contributed by atoms with Crippen molar-refractivity contribution >= 4 is 23.2 Å². The molecule has 1 amide bonds. The third-order valence-corrected chi connectivity index (χ3v) is 4.41. The minimum absolute atomic E-state index is 0.180. The molecule has 24 heavy (non-hydrogen) atoms. The second-order valence-electron chi connectivity index (χ2n) is 5.89. The van der Waals surface area contributed by atoms with E-state index < -0.39 is 0 Å². The van der Waals surface area contributed by atoms with E-state index in [1.165, 1.54) is 0 Å². The van der Waals surface area contributed by atoms with Crippen LogP contribution in [-0.2, 0) is 4.74 Å². The van der Waals surface area contributed by atoms with Crippen LogP contribution < -0.4 is 10.1 Å². The van der Waals surface area contributed by atoms with E-state index in [2.05, 4.69) is 5.32 Å². The Bertz CT molecular complexity index is 709. The first kappa shape index (κ1) is 16.8. The lowest BCUT2D eigenvalue weighted by molar-refractivity contribution is 0.0679. The summed E-state index contributed by atoms with van der Waals surface area (Å²) >= 11 is 6.07. The van der Waals surface area contributed by atoms with Gasteiger partial charge in [0.15, 0.2) is 0 Å². The molecule has 0 unspecified atom stereocenters. The Balaban J connectivity index is 1.57. The number of hydrogen-bond donors (Lipinski definition) is 1. The van der Waals surface area contributed by atoms with Gasteiger partial charge in [0.25, 0.3) is 5.91 Å². The highest BCUT2D eigenvalue weighted by Crippen LogP contribution is 2.21. The number of rotatable bonds is 5. The van der Waals surface area contributed by atoms with Crippen LogP contribution in [0.2, 0.25) is 5.02 Å². The van der Waals surface area contributed by atoms with Crippen LogP contribution in [0.4, 0.5) is 5.69 Å². The summed E-state index contributed by atoms with van der Waals surface area (Å²) in [5.74, 6) is 0.557. The zero-order valence-electron chi connectivity index (χ0n) is 13.5. The summed E-state index contributed by atoms with van der Waals surface area (Å²) in [7, 11) is 0. The first-order valence-corrected chi connectivity index (χ1v) is 8.41. The summed E-state index contributed by atoms with van der Waals surface area (Å²) in [4.78, 5) is 12.3. The van der Waals surface area contributed by atoms with E-state index in [0.717, 1.165) is 30.8 Å². The van der Waals surface area contributed by atoms with Crippen molar-refractivity contribution in [2.24, 2.45) is 0 Å². The molecule has 0 radical (unpaired) electrons. The molecule has 126 valence electrons. The number of benzene rings is 2. The normalized spacial score (nSPS) is 16.8. The van der Waals surface area contributed by atoms with Crippen molar-refractivity contribution in [3.8, 4) is 5.75 Å². The average molecular weight is 346 g/mol. The van der Waals surface area contributed by atoms with Gasteiger partial charge in [-0.1, -0.05) is 17.7 Å². The van der Waals surface area contributed by atoms with Crippen LogP contribution in [-0.4, -0.2) is 25.2 Å². The molecule has 0 saturated carbocycles. The van der Waals surface area contributed by atoms with Crippen LogP contribution >= 0.6 is 11.6 Å². The maximum Gasteiger partial charge on any atom is 0.255 e. The molecule has 0 spiro atoms. The minimum Gasteiger partial charge on any atom is -0.491 e. The van der Waals surface area contributed by atoms with Gasteiger partial charge < -0.3 is 14.8 Å². The molecule has 1 aliphatic rings. The molecule has 1 fully saturated rings. The van der Waals surface area contributed by atoms with E-state index in [-0.39, 0.29) is 12.0 Å². The lowest BCUT2D eigenvalue weighted by Gasteiger charge is -2.12. The molecular weight excluding hydrogens is 326 g/mol. The fourth-order valence-corrected chi connectivity index (χ4v) is 2.72. The highest BCUT2D eigenvalue weighted by Gasteiger charge is 2.16. The molecule has 3 rings (SSSR count). The summed E-state index contributed by atoms with van der Waals surface area (Å²) in [6, 6.07) is 12.5. The quantitative estimate of drug-likeness (QED) is 0.870. The maximum absolute atomic E-state index is 12.3. The zero-order valence-corrected chi connectivity index (χ0v) is 14.3. The van der Waals surface area contributed by atoms with Crippen LogP contribution in [0.15, 0.2) is 42.5 Å². The third-order valence-electron chi connectivity index (χ3n) is 4.01. The standard InChI is InChI=1S/C19H20ClNO3/c1-13-4-7-15(11-18(13)20)21-19(22)14-5-8-16(9-6-14)24-12-17-3-2-10-23-17/h4-9,11,17H,2-3,10,12H2,1H3,(H,21,22)/t17-/m1/s1. The van der Waals surface area contributed by atoms with E-state index in [4.69, 9.17) is 21.1 Å². The Morgan fingerprint density at radius 2 is 2.08 bits per heavy atom. The molecule has 5 heteroatoms. The SMILES string of the molecule is Cc1ccc(NC(=O)c2ccc(OC[C@H]3CCCO3)cc2)cc1Cl. The number of nitrogens with one attached hydrogen (secondary N) is 1. The van der Waals surface area contributed by atoms with Gasteiger partial charge in [0.1, 0.15) is 12.4 Å². The van der Waals surface area contributed by atoms with Crippen molar-refractivity contribution in [2.45, 2.75) is 25.9 Å². The van der Waals surface area contributed by atoms with Crippen LogP contribution in [0.1, 0.15) is 28.8 Å². The zero-order chi connectivity index (χ0) is 16.9. The lowest BCUT2D eigenvalue weighted by Crippen LogP contribution is -2.16. The van der Waals surface area contributed by atoms with Gasteiger partial charge in [-0.25, -0.2) is 0 Å². The van der Waals surface area contributed by atoms with Gasteiger partial charge in [-0.3, -0.25) is 4.79 Å². The van der Waals surface area contributed by atoms with Gasteiger partial charge in [0.05, 0.1) is 6.10 Å². The summed E-state index contributed by atoms with van der Waals surface area (Å²) in [5.41, 5.74) is 2.22. The van der Waals surface area contributed by atoms with Gasteiger partial charge in [0, 0.05) is 22.9 Å². The van der Waals surface area contributed by atoms with Crippen molar-refractivity contribution in [1.82, 2.24) is 0 Å². The van der Waals surface area contributed by atoms with Crippen LogP contribution in [0, 0.1) is 6.92 Å².